The maximum Gasteiger partial charge on any atom is 0.192 e. The average molecular weight is 190 g/mol. The van der Waals surface area contributed by atoms with Gasteiger partial charge in [-0.2, -0.15) is 0 Å². The number of rotatable bonds is 2. The van der Waals surface area contributed by atoms with Gasteiger partial charge in [-0.25, -0.2) is 0 Å². The molecule has 0 spiro atoms. The van der Waals surface area contributed by atoms with Crippen LogP contribution in [0.3, 0.4) is 0 Å². The van der Waals surface area contributed by atoms with Gasteiger partial charge in [0.05, 0.1) is 5.56 Å². The Balaban J connectivity index is 2.18. The van der Waals surface area contributed by atoms with Crippen molar-refractivity contribution in [1.82, 2.24) is 0 Å². The van der Waals surface area contributed by atoms with E-state index in [-0.39, 0.29) is 13.4 Å². The molecule has 1 aromatic carbocycles. The van der Waals surface area contributed by atoms with E-state index in [0.29, 0.717) is 0 Å². The molecule has 14 heavy (non-hydrogen) atoms. The van der Waals surface area contributed by atoms with Gasteiger partial charge < -0.3 is 14.2 Å². The monoisotopic (exact) mass is 190 g/mol. The smallest absolute Gasteiger partial charge is 0.192 e. The van der Waals surface area contributed by atoms with Gasteiger partial charge in [0.2, 0.25) is 0 Å². The number of fused-ring (bicyclic) bond motifs is 1. The maximum atomic E-state index is 5.32. The van der Waals surface area contributed by atoms with Gasteiger partial charge >= 0.3 is 0 Å². The number of para-hydroxylation sites is 1. The summed E-state index contributed by atoms with van der Waals surface area (Å²) in [6.45, 7) is 0.436. The van der Waals surface area contributed by atoms with E-state index in [1.807, 2.05) is 24.3 Å². The van der Waals surface area contributed by atoms with E-state index < -0.39 is 6.29 Å². The Morgan fingerprint density at radius 3 is 3.21 bits per heavy atom. The highest BCUT2D eigenvalue weighted by atomic mass is 16.8. The van der Waals surface area contributed by atoms with Crippen molar-refractivity contribution in [3.63, 3.8) is 0 Å². The van der Waals surface area contributed by atoms with E-state index in [9.17, 15) is 0 Å². The summed E-state index contributed by atoms with van der Waals surface area (Å²) in [5, 5.41) is 0. The van der Waals surface area contributed by atoms with Gasteiger partial charge in [-0.05, 0) is 6.07 Å². The first kappa shape index (κ1) is 9.07. The standard InChI is InChI=1S/C11H10O3/c1-2-7-12-11-9-5-3-4-6-10(9)13-8-14-11/h1,3-6,11H,7-8H2. The molecule has 1 aliphatic rings. The molecule has 0 N–H and O–H groups in total. The van der Waals surface area contributed by atoms with Crippen LogP contribution in [0.25, 0.3) is 0 Å². The predicted molar refractivity (Wildman–Crippen MR) is 50.5 cm³/mol. The Morgan fingerprint density at radius 1 is 1.50 bits per heavy atom. The zero-order chi connectivity index (χ0) is 9.80. The lowest BCUT2D eigenvalue weighted by molar-refractivity contribution is -0.187. The molecule has 1 heterocycles. The van der Waals surface area contributed by atoms with Gasteiger partial charge in [-0.1, -0.05) is 24.1 Å². The maximum absolute atomic E-state index is 5.32. The summed E-state index contributed by atoms with van der Waals surface area (Å²) in [5.41, 5.74) is 0.883. The lowest BCUT2D eigenvalue weighted by atomic mass is 10.2. The van der Waals surface area contributed by atoms with Gasteiger partial charge in [0.25, 0.3) is 0 Å². The van der Waals surface area contributed by atoms with Crippen LogP contribution in [0.15, 0.2) is 24.3 Å². The van der Waals surface area contributed by atoms with Crippen LogP contribution in [-0.4, -0.2) is 13.4 Å². The third kappa shape index (κ3) is 1.72. The zero-order valence-corrected chi connectivity index (χ0v) is 7.60. The molecule has 1 unspecified atom stereocenters. The minimum Gasteiger partial charge on any atom is -0.467 e. The Labute approximate surface area is 82.6 Å². The second-order valence-corrected chi connectivity index (χ2v) is 2.81. The predicted octanol–water partition coefficient (Wildman–Crippen LogP) is 1.70. The Bertz CT molecular complexity index is 354. The lowest BCUT2D eigenvalue weighted by Crippen LogP contribution is -2.19. The minimum absolute atomic E-state index is 0.201. The molecule has 0 bridgehead atoms. The molecule has 0 saturated heterocycles. The summed E-state index contributed by atoms with van der Waals surface area (Å²) >= 11 is 0. The Kier molecular flexibility index (Phi) is 2.68. The second-order valence-electron chi connectivity index (χ2n) is 2.81. The van der Waals surface area contributed by atoms with E-state index in [4.69, 9.17) is 20.6 Å². The van der Waals surface area contributed by atoms with E-state index in [1.165, 1.54) is 0 Å². The van der Waals surface area contributed by atoms with Crippen molar-refractivity contribution < 1.29 is 14.2 Å². The summed E-state index contributed by atoms with van der Waals surface area (Å²) in [4.78, 5) is 0. The van der Waals surface area contributed by atoms with Crippen LogP contribution >= 0.6 is 0 Å². The SMILES string of the molecule is C#CCOC1OCOc2ccccc21. The Hall–Kier alpha value is -1.50. The fourth-order valence-corrected chi connectivity index (χ4v) is 1.32. The molecule has 0 aliphatic carbocycles. The molecule has 0 amide bonds. The van der Waals surface area contributed by atoms with Crippen molar-refractivity contribution in [3.05, 3.63) is 29.8 Å². The van der Waals surface area contributed by atoms with Crippen molar-refractivity contribution in [2.45, 2.75) is 6.29 Å². The third-order valence-corrected chi connectivity index (χ3v) is 1.92. The molecule has 1 aliphatic heterocycles. The molecule has 3 heteroatoms. The third-order valence-electron chi connectivity index (χ3n) is 1.92. The first-order valence-electron chi connectivity index (χ1n) is 4.30. The molecule has 0 fully saturated rings. The van der Waals surface area contributed by atoms with Crippen LogP contribution in [-0.2, 0) is 9.47 Å². The summed E-state index contributed by atoms with van der Waals surface area (Å²) in [6.07, 6.45) is 4.70. The molecule has 72 valence electrons. The summed E-state index contributed by atoms with van der Waals surface area (Å²) in [5.74, 6) is 3.20. The molecule has 0 radical (unpaired) electrons. The van der Waals surface area contributed by atoms with Crippen molar-refractivity contribution in [2.75, 3.05) is 13.4 Å². The fraction of sp³-hybridized carbons (Fsp3) is 0.273. The van der Waals surface area contributed by atoms with Crippen molar-refractivity contribution in [1.29, 1.82) is 0 Å². The van der Waals surface area contributed by atoms with Crippen LogP contribution < -0.4 is 4.74 Å². The first-order valence-corrected chi connectivity index (χ1v) is 4.30. The second kappa shape index (κ2) is 4.14. The minimum atomic E-state index is -0.406. The largest absolute Gasteiger partial charge is 0.467 e. The van der Waals surface area contributed by atoms with Crippen molar-refractivity contribution in [2.24, 2.45) is 0 Å². The van der Waals surface area contributed by atoms with E-state index in [1.54, 1.807) is 0 Å². The van der Waals surface area contributed by atoms with E-state index >= 15 is 0 Å². The molecule has 0 saturated carbocycles. The van der Waals surface area contributed by atoms with Gasteiger partial charge in [0.1, 0.15) is 12.4 Å². The fourth-order valence-electron chi connectivity index (χ4n) is 1.32. The quantitative estimate of drug-likeness (QED) is 0.664. The van der Waals surface area contributed by atoms with E-state index in [0.717, 1.165) is 11.3 Å². The van der Waals surface area contributed by atoms with Crippen molar-refractivity contribution >= 4 is 0 Å². The van der Waals surface area contributed by atoms with Crippen LogP contribution in [0.1, 0.15) is 11.9 Å². The highest BCUT2D eigenvalue weighted by Gasteiger charge is 2.21. The molecule has 1 atom stereocenters. The normalized spacial score (nSPS) is 19.2. The van der Waals surface area contributed by atoms with Gasteiger partial charge in [0.15, 0.2) is 13.1 Å². The number of ether oxygens (including phenoxy) is 3. The van der Waals surface area contributed by atoms with Crippen LogP contribution in [0.2, 0.25) is 0 Å². The van der Waals surface area contributed by atoms with Crippen LogP contribution in [0.4, 0.5) is 0 Å². The molecule has 2 rings (SSSR count). The molecule has 0 aromatic heterocycles. The topological polar surface area (TPSA) is 27.7 Å². The highest BCUT2D eigenvalue weighted by Crippen LogP contribution is 2.31. The van der Waals surface area contributed by atoms with Crippen LogP contribution in [0.5, 0.6) is 5.75 Å². The van der Waals surface area contributed by atoms with Crippen LogP contribution in [0, 0.1) is 12.3 Å². The molecular weight excluding hydrogens is 180 g/mol. The average Bonchev–Trinajstić information content (AvgIpc) is 2.26. The first-order chi connectivity index (χ1) is 6.92. The number of terminal acetylenes is 1. The van der Waals surface area contributed by atoms with Gasteiger partial charge in [-0.15, -0.1) is 6.42 Å². The molecule has 1 aromatic rings. The number of hydrogen-bond donors (Lipinski definition) is 0. The molecule has 3 nitrogen and oxygen atoms in total. The summed E-state index contributed by atoms with van der Waals surface area (Å²) in [6, 6.07) is 7.59. The van der Waals surface area contributed by atoms with Gasteiger partial charge in [-0.3, -0.25) is 0 Å². The van der Waals surface area contributed by atoms with E-state index in [2.05, 4.69) is 5.92 Å². The number of benzene rings is 1. The highest BCUT2D eigenvalue weighted by molar-refractivity contribution is 5.35. The Morgan fingerprint density at radius 2 is 2.36 bits per heavy atom. The summed E-state index contributed by atoms with van der Waals surface area (Å²) in [7, 11) is 0. The number of hydrogen-bond acceptors (Lipinski definition) is 3. The lowest BCUT2D eigenvalue weighted by Gasteiger charge is -2.25. The van der Waals surface area contributed by atoms with Crippen molar-refractivity contribution in [3.8, 4) is 18.1 Å². The zero-order valence-electron chi connectivity index (χ0n) is 7.60. The molecular formula is C11H10O3. The summed E-state index contributed by atoms with van der Waals surface area (Å²) < 4.78 is 15.9. The van der Waals surface area contributed by atoms with Gasteiger partial charge in [0, 0.05) is 0 Å².